The fraction of sp³-hybridized carbons (Fsp3) is 0.714. The Balaban J connectivity index is 2.04. The lowest BCUT2D eigenvalue weighted by Gasteiger charge is -2.37. The Morgan fingerprint density at radius 3 is 2.40 bits per heavy atom. The number of hydrogen-bond acceptors (Lipinski definition) is 5. The van der Waals surface area contributed by atoms with Crippen LogP contribution in [0.2, 0.25) is 18.1 Å². The highest BCUT2D eigenvalue weighted by Gasteiger charge is 2.55. The first-order valence-corrected chi connectivity index (χ1v) is 9.69. The molecule has 6 heteroatoms. The third-order valence-electron chi connectivity index (χ3n) is 4.51. The number of hydrogen-bond donors (Lipinski definition) is 0. The molecule has 2 rings (SSSR count). The highest BCUT2D eigenvalue weighted by atomic mass is 28.4. The maximum Gasteiger partial charge on any atom is 0.334 e. The number of rotatable bonds is 3. The van der Waals surface area contributed by atoms with E-state index in [0.717, 1.165) is 0 Å². The van der Waals surface area contributed by atoms with Crippen LogP contribution in [0, 0.1) is 5.92 Å². The van der Waals surface area contributed by atoms with Crippen LogP contribution >= 0.6 is 0 Å². The Hall–Kier alpha value is -1.14. The maximum atomic E-state index is 11.8. The van der Waals surface area contributed by atoms with Crippen molar-refractivity contribution in [2.45, 2.75) is 51.1 Å². The lowest BCUT2D eigenvalue weighted by molar-refractivity contribution is -0.150. The molecule has 0 saturated carbocycles. The van der Waals surface area contributed by atoms with E-state index < -0.39 is 38.4 Å². The third-order valence-corrected chi connectivity index (χ3v) is 9.01. The van der Waals surface area contributed by atoms with Gasteiger partial charge in [-0.2, -0.15) is 0 Å². The number of carbonyl (C=O) groups excluding carboxylic acids is 2. The number of carbonyl (C=O) groups is 2. The van der Waals surface area contributed by atoms with Crippen molar-refractivity contribution in [3.05, 3.63) is 12.2 Å². The quantitative estimate of drug-likeness (QED) is 0.453. The minimum Gasteiger partial charge on any atom is -0.455 e. The summed E-state index contributed by atoms with van der Waals surface area (Å²) in [5.74, 6) is -1.60. The minimum absolute atomic E-state index is 0.0744. The molecule has 0 aromatic carbocycles. The summed E-state index contributed by atoms with van der Waals surface area (Å²) >= 11 is 0. The predicted octanol–water partition coefficient (Wildman–Crippen LogP) is 2.03. The van der Waals surface area contributed by atoms with Gasteiger partial charge in [0.2, 0.25) is 0 Å². The normalized spacial score (nSPS) is 30.2. The number of fused-ring (bicyclic) bond motifs is 1. The second-order valence-electron chi connectivity index (χ2n) is 6.92. The molecule has 0 unspecified atom stereocenters. The van der Waals surface area contributed by atoms with Crippen molar-refractivity contribution >= 4 is 20.3 Å². The Labute approximate surface area is 120 Å². The first-order chi connectivity index (χ1) is 9.04. The topological polar surface area (TPSA) is 61.8 Å². The van der Waals surface area contributed by atoms with Crippen LogP contribution in [0.5, 0.6) is 0 Å². The van der Waals surface area contributed by atoms with E-state index in [2.05, 4.69) is 40.4 Å². The molecule has 3 atom stereocenters. The van der Waals surface area contributed by atoms with Gasteiger partial charge in [0.1, 0.15) is 5.92 Å². The summed E-state index contributed by atoms with van der Waals surface area (Å²) in [5.41, 5.74) is 0.190. The summed E-state index contributed by atoms with van der Waals surface area (Å²) in [6.07, 6.45) is -1.10. The lowest BCUT2D eigenvalue weighted by Crippen LogP contribution is -2.44. The third kappa shape index (κ3) is 2.42. The van der Waals surface area contributed by atoms with Gasteiger partial charge < -0.3 is 13.9 Å². The van der Waals surface area contributed by atoms with Gasteiger partial charge in [-0.05, 0) is 18.1 Å². The van der Waals surface area contributed by atoms with E-state index in [1.165, 1.54) is 0 Å². The summed E-state index contributed by atoms with van der Waals surface area (Å²) in [5, 5.41) is 0.0744. The molecule has 0 aromatic rings. The zero-order valence-corrected chi connectivity index (χ0v) is 13.7. The fourth-order valence-electron chi connectivity index (χ4n) is 2.08. The zero-order valence-electron chi connectivity index (χ0n) is 12.7. The molecular formula is C14H22O5Si. The molecule has 0 N–H and O–H groups in total. The highest BCUT2D eigenvalue weighted by Crippen LogP contribution is 2.39. The van der Waals surface area contributed by atoms with E-state index >= 15 is 0 Å². The second kappa shape index (κ2) is 4.70. The van der Waals surface area contributed by atoms with Gasteiger partial charge in [0, 0.05) is 5.57 Å². The van der Waals surface area contributed by atoms with E-state index in [-0.39, 0.29) is 17.2 Å². The van der Waals surface area contributed by atoms with Crippen LogP contribution in [0.3, 0.4) is 0 Å². The van der Waals surface area contributed by atoms with Crippen LogP contribution in [-0.2, 0) is 23.5 Å². The number of esters is 2. The fourth-order valence-corrected chi connectivity index (χ4v) is 3.10. The van der Waals surface area contributed by atoms with Gasteiger partial charge in [0.25, 0.3) is 0 Å². The van der Waals surface area contributed by atoms with E-state index in [1.807, 2.05) is 0 Å². The predicted molar refractivity (Wildman–Crippen MR) is 75.5 cm³/mol. The highest BCUT2D eigenvalue weighted by molar-refractivity contribution is 6.74. The van der Waals surface area contributed by atoms with Crippen LogP contribution in [0.25, 0.3) is 0 Å². The molecule has 2 aliphatic heterocycles. The van der Waals surface area contributed by atoms with Gasteiger partial charge in [-0.15, -0.1) is 0 Å². The molecule has 2 heterocycles. The van der Waals surface area contributed by atoms with E-state index in [9.17, 15) is 9.59 Å². The molecule has 0 bridgehead atoms. The lowest BCUT2D eigenvalue weighted by atomic mass is 9.97. The molecule has 112 valence electrons. The van der Waals surface area contributed by atoms with Gasteiger partial charge in [-0.1, -0.05) is 27.4 Å². The van der Waals surface area contributed by atoms with Gasteiger partial charge >= 0.3 is 11.9 Å². The van der Waals surface area contributed by atoms with Crippen molar-refractivity contribution < 1.29 is 23.5 Å². The molecule has 0 aliphatic carbocycles. The molecular weight excluding hydrogens is 276 g/mol. The molecule has 2 aliphatic rings. The molecule has 5 nitrogen and oxygen atoms in total. The van der Waals surface area contributed by atoms with Crippen LogP contribution in [0.1, 0.15) is 20.8 Å². The SMILES string of the molecule is C=C1C(=O)O[C@@H]2[C@H]1C(=O)O[C@@H]2CO[Si](C)(C)C(C)(C)C. The Kier molecular flexibility index (Phi) is 3.58. The average molecular weight is 298 g/mol. The van der Waals surface area contributed by atoms with Crippen molar-refractivity contribution in [3.8, 4) is 0 Å². The minimum atomic E-state index is -1.93. The first-order valence-electron chi connectivity index (χ1n) is 6.79. The smallest absolute Gasteiger partial charge is 0.334 e. The van der Waals surface area contributed by atoms with Gasteiger partial charge in [0.05, 0.1) is 6.61 Å². The summed E-state index contributed by atoms with van der Waals surface area (Å²) in [7, 11) is -1.93. The first kappa shape index (κ1) is 15.2. The Bertz CT molecular complexity index is 463. The monoisotopic (exact) mass is 298 g/mol. The van der Waals surface area contributed by atoms with E-state index in [0.29, 0.717) is 0 Å². The Morgan fingerprint density at radius 1 is 1.25 bits per heavy atom. The second-order valence-corrected chi connectivity index (χ2v) is 11.7. The summed E-state index contributed by atoms with van der Waals surface area (Å²) < 4.78 is 16.5. The van der Waals surface area contributed by atoms with Crippen molar-refractivity contribution in [3.63, 3.8) is 0 Å². The van der Waals surface area contributed by atoms with Crippen LogP contribution in [-0.4, -0.2) is 39.1 Å². The summed E-state index contributed by atoms with van der Waals surface area (Å²) in [6, 6.07) is 0. The van der Waals surface area contributed by atoms with Crippen molar-refractivity contribution in [2.24, 2.45) is 5.92 Å². The standard InChI is InChI=1S/C14H22O5Si/c1-8-10-11(19-12(8)15)9(18-13(10)16)7-17-20(5,6)14(2,3)4/h9-11H,1,7H2,2-6H3/t9-,10+,11+/m1/s1. The largest absolute Gasteiger partial charge is 0.455 e. The van der Waals surface area contributed by atoms with Crippen molar-refractivity contribution in [1.82, 2.24) is 0 Å². The van der Waals surface area contributed by atoms with Gasteiger partial charge in [0.15, 0.2) is 20.5 Å². The molecule has 2 saturated heterocycles. The molecule has 0 aromatic heterocycles. The molecule has 0 spiro atoms. The van der Waals surface area contributed by atoms with E-state index in [4.69, 9.17) is 13.9 Å². The number of ether oxygens (including phenoxy) is 2. The average Bonchev–Trinajstić information content (AvgIpc) is 2.75. The molecule has 0 amide bonds. The van der Waals surface area contributed by atoms with Crippen LogP contribution in [0.4, 0.5) is 0 Å². The molecule has 2 fully saturated rings. The molecule has 20 heavy (non-hydrogen) atoms. The van der Waals surface area contributed by atoms with Crippen molar-refractivity contribution in [2.75, 3.05) is 6.61 Å². The van der Waals surface area contributed by atoms with Gasteiger partial charge in [-0.25, -0.2) is 4.79 Å². The maximum absolute atomic E-state index is 11.8. The van der Waals surface area contributed by atoms with Crippen LogP contribution in [0.15, 0.2) is 12.2 Å². The zero-order chi connectivity index (χ0) is 15.3. The van der Waals surface area contributed by atoms with Crippen molar-refractivity contribution in [1.29, 1.82) is 0 Å². The number of cyclic esters (lactones) is 1. The summed E-state index contributed by atoms with van der Waals surface area (Å²) in [6.45, 7) is 14.5. The summed E-state index contributed by atoms with van der Waals surface area (Å²) in [4.78, 5) is 23.3. The molecule has 0 radical (unpaired) electrons. The van der Waals surface area contributed by atoms with Gasteiger partial charge in [-0.3, -0.25) is 4.79 Å². The Morgan fingerprint density at radius 2 is 1.85 bits per heavy atom. The van der Waals surface area contributed by atoms with E-state index in [1.54, 1.807) is 0 Å². The van der Waals surface area contributed by atoms with Crippen LogP contribution < -0.4 is 0 Å².